The first-order chi connectivity index (χ1) is 16.0. The molecule has 2 aromatic rings. The quantitative estimate of drug-likeness (QED) is 0.672. The molecular formula is C25H30ClFN4O2. The van der Waals surface area contributed by atoms with Crippen molar-refractivity contribution in [3.8, 4) is 0 Å². The Morgan fingerprint density at radius 2 is 1.58 bits per heavy atom. The molecule has 8 heteroatoms. The molecule has 33 heavy (non-hydrogen) atoms. The van der Waals surface area contributed by atoms with E-state index in [0.29, 0.717) is 30.2 Å². The number of carbonyl (C=O) groups is 2. The molecule has 2 saturated heterocycles. The van der Waals surface area contributed by atoms with Crippen molar-refractivity contribution in [2.45, 2.75) is 25.9 Å². The molecular weight excluding hydrogens is 443 g/mol. The number of likely N-dealkylation sites (tertiary alicyclic amines) is 1. The zero-order chi connectivity index (χ0) is 23.2. The fourth-order valence-electron chi connectivity index (χ4n) is 4.32. The number of halogens is 2. The van der Waals surface area contributed by atoms with E-state index in [2.05, 4.69) is 15.1 Å². The van der Waals surface area contributed by atoms with Crippen LogP contribution >= 0.6 is 11.6 Å². The Morgan fingerprint density at radius 1 is 0.909 bits per heavy atom. The van der Waals surface area contributed by atoms with Crippen LogP contribution in [0.25, 0.3) is 0 Å². The van der Waals surface area contributed by atoms with Gasteiger partial charge in [0.05, 0.1) is 6.54 Å². The monoisotopic (exact) mass is 472 g/mol. The summed E-state index contributed by atoms with van der Waals surface area (Å²) in [6.07, 6.45) is 2.15. The van der Waals surface area contributed by atoms with Crippen LogP contribution in [0, 0.1) is 5.82 Å². The molecule has 0 aliphatic carbocycles. The minimum absolute atomic E-state index is 0.0118. The first kappa shape index (κ1) is 23.7. The van der Waals surface area contributed by atoms with Gasteiger partial charge in [-0.25, -0.2) is 4.39 Å². The predicted octanol–water partition coefficient (Wildman–Crippen LogP) is 3.15. The number of piperazine rings is 1. The van der Waals surface area contributed by atoms with Crippen molar-refractivity contribution in [3.05, 3.63) is 70.0 Å². The van der Waals surface area contributed by atoms with Crippen LogP contribution in [-0.2, 0) is 17.9 Å². The molecule has 0 atom stereocenters. The third-order valence-electron chi connectivity index (χ3n) is 6.33. The number of rotatable bonds is 7. The maximum Gasteiger partial charge on any atom is 0.253 e. The fraction of sp³-hybridized carbons (Fsp3) is 0.440. The highest BCUT2D eigenvalue weighted by molar-refractivity contribution is 6.31. The summed E-state index contributed by atoms with van der Waals surface area (Å²) in [6.45, 7) is 6.39. The first-order valence-corrected chi connectivity index (χ1v) is 11.9. The Balaban J connectivity index is 1.17. The van der Waals surface area contributed by atoms with Gasteiger partial charge in [-0.2, -0.15) is 0 Å². The van der Waals surface area contributed by atoms with E-state index in [1.807, 2.05) is 29.2 Å². The fourth-order valence-corrected chi connectivity index (χ4v) is 4.55. The molecule has 6 nitrogen and oxygen atoms in total. The Hall–Kier alpha value is -2.48. The van der Waals surface area contributed by atoms with E-state index in [1.165, 1.54) is 12.1 Å². The molecule has 2 heterocycles. The maximum absolute atomic E-state index is 13.2. The van der Waals surface area contributed by atoms with E-state index in [9.17, 15) is 14.0 Å². The maximum atomic E-state index is 13.2. The minimum atomic E-state index is -0.328. The van der Waals surface area contributed by atoms with Crippen molar-refractivity contribution in [2.24, 2.45) is 0 Å². The molecule has 1 N–H and O–H groups in total. The summed E-state index contributed by atoms with van der Waals surface area (Å²) in [7, 11) is 0. The van der Waals surface area contributed by atoms with Crippen molar-refractivity contribution in [1.29, 1.82) is 0 Å². The first-order valence-electron chi connectivity index (χ1n) is 11.5. The average Bonchev–Trinajstić information content (AvgIpc) is 3.36. The lowest BCUT2D eigenvalue weighted by atomic mass is 10.1. The highest BCUT2D eigenvalue weighted by Crippen LogP contribution is 2.20. The molecule has 0 aromatic heterocycles. The molecule has 0 radical (unpaired) electrons. The van der Waals surface area contributed by atoms with Crippen molar-refractivity contribution >= 4 is 23.4 Å². The normalized spacial score (nSPS) is 17.3. The number of carbonyl (C=O) groups excluding carboxylic acids is 2. The van der Waals surface area contributed by atoms with Crippen molar-refractivity contribution in [1.82, 2.24) is 20.0 Å². The van der Waals surface area contributed by atoms with Crippen LogP contribution < -0.4 is 5.32 Å². The molecule has 176 valence electrons. The molecule has 0 saturated carbocycles. The van der Waals surface area contributed by atoms with Crippen LogP contribution in [0.15, 0.2) is 42.5 Å². The van der Waals surface area contributed by atoms with Gasteiger partial charge in [-0.3, -0.25) is 19.4 Å². The Labute approximate surface area is 199 Å². The van der Waals surface area contributed by atoms with Crippen molar-refractivity contribution < 1.29 is 14.0 Å². The zero-order valence-electron chi connectivity index (χ0n) is 18.7. The standard InChI is InChI=1S/C25H30ClFN4O2/c26-23-15-22(27)8-7-21(23)17-29-11-13-30(14-12-29)18-24(32)28-16-19-3-5-20(6-4-19)25(33)31-9-1-2-10-31/h3-8,15H,1-2,9-14,16-18H2,(H,28,32). The lowest BCUT2D eigenvalue weighted by Crippen LogP contribution is -2.49. The summed E-state index contributed by atoms with van der Waals surface area (Å²) < 4.78 is 13.2. The van der Waals surface area contributed by atoms with Gasteiger partial charge in [0.15, 0.2) is 0 Å². The molecule has 2 aromatic carbocycles. The van der Waals surface area contributed by atoms with Gasteiger partial charge in [-0.05, 0) is 48.2 Å². The molecule has 0 unspecified atom stereocenters. The highest BCUT2D eigenvalue weighted by atomic mass is 35.5. The smallest absolute Gasteiger partial charge is 0.253 e. The summed E-state index contributed by atoms with van der Waals surface area (Å²) in [5.41, 5.74) is 2.59. The summed E-state index contributed by atoms with van der Waals surface area (Å²) in [5, 5.41) is 3.42. The van der Waals surface area contributed by atoms with Gasteiger partial charge in [0.25, 0.3) is 5.91 Å². The number of hydrogen-bond acceptors (Lipinski definition) is 4. The summed E-state index contributed by atoms with van der Waals surface area (Å²) >= 11 is 6.14. The van der Waals surface area contributed by atoms with Crippen LogP contribution in [-0.4, -0.2) is 72.3 Å². The lowest BCUT2D eigenvalue weighted by Gasteiger charge is -2.34. The van der Waals surface area contributed by atoms with Crippen molar-refractivity contribution in [2.75, 3.05) is 45.8 Å². The predicted molar refractivity (Wildman–Crippen MR) is 127 cm³/mol. The molecule has 2 aliphatic heterocycles. The van der Waals surface area contributed by atoms with Gasteiger partial charge in [0.1, 0.15) is 5.82 Å². The second-order valence-electron chi connectivity index (χ2n) is 8.76. The minimum Gasteiger partial charge on any atom is -0.351 e. The molecule has 2 fully saturated rings. The largest absolute Gasteiger partial charge is 0.351 e. The molecule has 0 bridgehead atoms. The number of nitrogens with zero attached hydrogens (tertiary/aromatic N) is 3. The van der Waals surface area contributed by atoms with Gasteiger partial charge >= 0.3 is 0 Å². The van der Waals surface area contributed by atoms with Gasteiger partial charge in [0, 0.05) is 62.9 Å². The second-order valence-corrected chi connectivity index (χ2v) is 9.17. The lowest BCUT2D eigenvalue weighted by molar-refractivity contribution is -0.122. The van der Waals surface area contributed by atoms with E-state index >= 15 is 0 Å². The molecule has 0 spiro atoms. The molecule has 2 aliphatic rings. The third kappa shape index (κ3) is 6.53. The van der Waals surface area contributed by atoms with Crippen LogP contribution in [0.3, 0.4) is 0 Å². The van der Waals surface area contributed by atoms with Crippen LogP contribution in [0.4, 0.5) is 4.39 Å². The van der Waals surface area contributed by atoms with Gasteiger partial charge < -0.3 is 10.2 Å². The van der Waals surface area contributed by atoms with Crippen LogP contribution in [0.2, 0.25) is 5.02 Å². The summed E-state index contributed by atoms with van der Waals surface area (Å²) in [6, 6.07) is 12.0. The molecule has 4 rings (SSSR count). The van der Waals surface area contributed by atoms with Gasteiger partial charge in [-0.15, -0.1) is 0 Å². The Kier molecular flexibility index (Phi) is 7.96. The number of benzene rings is 2. The van der Waals surface area contributed by atoms with E-state index in [0.717, 1.165) is 63.2 Å². The van der Waals surface area contributed by atoms with E-state index < -0.39 is 0 Å². The number of amides is 2. The van der Waals surface area contributed by atoms with E-state index in [1.54, 1.807) is 6.07 Å². The van der Waals surface area contributed by atoms with Crippen LogP contribution in [0.5, 0.6) is 0 Å². The number of hydrogen-bond donors (Lipinski definition) is 1. The Bertz CT molecular complexity index is 971. The second kappa shape index (κ2) is 11.1. The number of nitrogens with one attached hydrogen (secondary N) is 1. The van der Waals surface area contributed by atoms with Gasteiger partial charge in [-0.1, -0.05) is 29.8 Å². The summed E-state index contributed by atoms with van der Waals surface area (Å²) in [4.78, 5) is 31.1. The Morgan fingerprint density at radius 3 is 2.24 bits per heavy atom. The zero-order valence-corrected chi connectivity index (χ0v) is 19.5. The topological polar surface area (TPSA) is 55.9 Å². The van der Waals surface area contributed by atoms with Crippen LogP contribution in [0.1, 0.15) is 34.3 Å². The third-order valence-corrected chi connectivity index (χ3v) is 6.68. The summed E-state index contributed by atoms with van der Waals surface area (Å²) in [5.74, 6) is -0.253. The van der Waals surface area contributed by atoms with E-state index in [-0.39, 0.29) is 17.6 Å². The van der Waals surface area contributed by atoms with Crippen molar-refractivity contribution in [3.63, 3.8) is 0 Å². The van der Waals surface area contributed by atoms with E-state index in [4.69, 9.17) is 11.6 Å². The van der Waals surface area contributed by atoms with Gasteiger partial charge in [0.2, 0.25) is 5.91 Å². The molecule has 2 amide bonds. The SMILES string of the molecule is O=C(CN1CCN(Cc2ccc(F)cc2Cl)CC1)NCc1ccc(C(=O)N2CCCC2)cc1. The highest BCUT2D eigenvalue weighted by Gasteiger charge is 2.21. The average molecular weight is 473 g/mol.